The number of piperidine rings is 1. The van der Waals surface area contributed by atoms with E-state index in [0.717, 1.165) is 0 Å². The molecule has 3 amide bonds. The largest absolute Gasteiger partial charge is 0.382 e. The number of hydrogen-bond donors (Lipinski definition) is 6. The van der Waals surface area contributed by atoms with Gasteiger partial charge in [-0.1, -0.05) is 11.6 Å². The van der Waals surface area contributed by atoms with Gasteiger partial charge in [-0.2, -0.15) is 4.99 Å². The van der Waals surface area contributed by atoms with Crippen molar-refractivity contribution >= 4 is 68.6 Å². The molecule has 0 bridgehead atoms. The fourth-order valence-electron chi connectivity index (χ4n) is 5.17. The third-order valence-electron chi connectivity index (χ3n) is 7.59. The summed E-state index contributed by atoms with van der Waals surface area (Å²) >= 11 is 5.86. The topological polar surface area (TPSA) is 253 Å². The third kappa shape index (κ3) is 8.01. The van der Waals surface area contributed by atoms with Gasteiger partial charge in [0.2, 0.25) is 17.8 Å². The van der Waals surface area contributed by atoms with Gasteiger partial charge in [-0.25, -0.2) is 33.1 Å². The smallest absolute Gasteiger partial charge is 0.302 e. The zero-order valence-corrected chi connectivity index (χ0v) is 27.1. The van der Waals surface area contributed by atoms with Crippen LogP contribution < -0.4 is 32.1 Å². The summed E-state index contributed by atoms with van der Waals surface area (Å²) in [6.45, 7) is 4.85. The number of carbonyl (C=O) groups excluding carboxylic acids is 3. The summed E-state index contributed by atoms with van der Waals surface area (Å²) in [5.74, 6) is -1.35. The lowest BCUT2D eigenvalue weighted by atomic mass is 9.88. The monoisotopic (exact) mass is 684 g/mol. The Morgan fingerprint density at radius 1 is 1.00 bits per heavy atom. The van der Waals surface area contributed by atoms with Crippen LogP contribution in [-0.2, 0) is 19.6 Å². The maximum Gasteiger partial charge on any atom is 0.302 e. The molecule has 2 fully saturated rings. The van der Waals surface area contributed by atoms with Crippen LogP contribution in [0.2, 0.25) is 5.15 Å². The number of aliphatic imine (C=N–C) groups is 1. The van der Waals surface area contributed by atoms with E-state index in [9.17, 15) is 22.8 Å². The van der Waals surface area contributed by atoms with Crippen molar-refractivity contribution in [1.82, 2.24) is 35.5 Å². The van der Waals surface area contributed by atoms with Gasteiger partial charge in [0, 0.05) is 49.6 Å². The summed E-state index contributed by atoms with van der Waals surface area (Å²) in [4.78, 5) is 59.6. The Balaban J connectivity index is 1.07. The van der Waals surface area contributed by atoms with E-state index in [1.165, 1.54) is 24.3 Å². The highest BCUT2D eigenvalue weighted by Gasteiger charge is 2.40. The number of aryl methyl sites for hydroxylation is 2. The molecule has 47 heavy (non-hydrogen) atoms. The van der Waals surface area contributed by atoms with Crippen molar-refractivity contribution in [3.05, 3.63) is 52.6 Å². The summed E-state index contributed by atoms with van der Waals surface area (Å²) in [6, 6.07) is 7.35. The minimum atomic E-state index is -3.94. The zero-order chi connectivity index (χ0) is 33.9. The Morgan fingerprint density at radius 3 is 2.32 bits per heavy atom. The fraction of sp³-hybridized carbons (Fsp3) is 0.357. The van der Waals surface area contributed by atoms with E-state index in [4.69, 9.17) is 23.1 Å². The average Bonchev–Trinajstić information content (AvgIpc) is 3.38. The highest BCUT2D eigenvalue weighted by Crippen LogP contribution is 2.26. The standard InChI is InChI=1S/C28H33ClN12O5S/c1-15-13-16(2)34-27(33-15)40-47(45,46)18-5-3-17(4-6-18)35-19(42)7-8-20(43)41-11-9-28(10-12-41)14-32-26(39-28)38-25(44)21-23(30)37-24(31)22(29)36-21/h3-6,13H,7-12,14H2,1-2H3,(H,35,42)(H4,30,31,37)(H,33,34,40)(H2,32,38,39,44). The predicted octanol–water partition coefficient (Wildman–Crippen LogP) is 0.971. The van der Waals surface area contributed by atoms with Gasteiger partial charge in [0.15, 0.2) is 28.4 Å². The number of guanidine groups is 1. The minimum absolute atomic E-state index is 0.00458. The number of nitrogens with two attached hydrogens (primary N) is 2. The quantitative estimate of drug-likeness (QED) is 0.194. The lowest BCUT2D eigenvalue weighted by molar-refractivity contribution is -0.134. The van der Waals surface area contributed by atoms with Crippen molar-refractivity contribution in [2.75, 3.05) is 41.1 Å². The molecule has 0 radical (unpaired) electrons. The molecule has 1 spiro atoms. The first-order chi connectivity index (χ1) is 22.2. The van der Waals surface area contributed by atoms with Crippen LogP contribution in [0.5, 0.6) is 0 Å². The normalized spacial score (nSPS) is 16.4. The number of carbonyl (C=O) groups is 3. The van der Waals surface area contributed by atoms with Crippen LogP contribution in [0.3, 0.4) is 0 Å². The molecular weight excluding hydrogens is 652 g/mol. The van der Waals surface area contributed by atoms with E-state index in [0.29, 0.717) is 49.6 Å². The number of anilines is 4. The van der Waals surface area contributed by atoms with Gasteiger partial charge in [0.25, 0.3) is 10.0 Å². The molecule has 8 N–H and O–H groups in total. The second-order valence-corrected chi connectivity index (χ2v) is 13.2. The van der Waals surface area contributed by atoms with Crippen molar-refractivity contribution in [2.45, 2.75) is 50.0 Å². The van der Waals surface area contributed by atoms with Crippen LogP contribution in [0, 0.1) is 13.8 Å². The molecule has 2 saturated heterocycles. The number of nitrogen functional groups attached to an aromatic ring is 2. The first-order valence-electron chi connectivity index (χ1n) is 14.5. The number of nitrogens with zero attached hydrogens (tertiary/aromatic N) is 6. The molecule has 17 nitrogen and oxygen atoms in total. The minimum Gasteiger partial charge on any atom is -0.382 e. The van der Waals surface area contributed by atoms with Gasteiger partial charge in [-0.3, -0.25) is 14.4 Å². The van der Waals surface area contributed by atoms with Gasteiger partial charge in [-0.15, -0.1) is 0 Å². The molecule has 248 valence electrons. The number of halogens is 1. The van der Waals surface area contributed by atoms with Crippen molar-refractivity contribution in [2.24, 2.45) is 4.99 Å². The van der Waals surface area contributed by atoms with Gasteiger partial charge in [0.1, 0.15) is 0 Å². The lowest BCUT2D eigenvalue weighted by Gasteiger charge is -2.38. The Kier molecular flexibility index (Phi) is 9.43. The molecule has 1 aromatic carbocycles. The van der Waals surface area contributed by atoms with Crippen LogP contribution >= 0.6 is 11.6 Å². The molecule has 0 atom stereocenters. The van der Waals surface area contributed by atoms with Crippen molar-refractivity contribution in [3.8, 4) is 0 Å². The number of amides is 3. The van der Waals surface area contributed by atoms with E-state index in [-0.39, 0.29) is 63.9 Å². The van der Waals surface area contributed by atoms with Crippen LogP contribution in [0.15, 0.2) is 40.2 Å². The van der Waals surface area contributed by atoms with Gasteiger partial charge in [0.05, 0.1) is 10.4 Å². The third-order valence-corrected chi connectivity index (χ3v) is 9.22. The maximum absolute atomic E-state index is 12.9. The Morgan fingerprint density at radius 2 is 1.66 bits per heavy atom. The van der Waals surface area contributed by atoms with E-state index < -0.39 is 21.5 Å². The molecule has 3 aromatic rings. The number of benzene rings is 1. The zero-order valence-electron chi connectivity index (χ0n) is 25.5. The molecule has 0 unspecified atom stereocenters. The number of rotatable bonds is 8. The highest BCUT2D eigenvalue weighted by molar-refractivity contribution is 7.92. The van der Waals surface area contributed by atoms with Gasteiger partial charge >= 0.3 is 5.91 Å². The van der Waals surface area contributed by atoms with Gasteiger partial charge in [-0.05, 0) is 57.0 Å². The van der Waals surface area contributed by atoms with Crippen molar-refractivity contribution < 1.29 is 22.8 Å². The average molecular weight is 685 g/mol. The Bertz CT molecular complexity index is 1840. The predicted molar refractivity (Wildman–Crippen MR) is 174 cm³/mol. The molecule has 4 heterocycles. The van der Waals surface area contributed by atoms with Gasteiger partial charge < -0.3 is 32.3 Å². The molecule has 2 aliphatic rings. The molecule has 0 aliphatic carbocycles. The molecule has 19 heteroatoms. The summed E-state index contributed by atoms with van der Waals surface area (Å²) in [6.07, 6.45) is 1.12. The van der Waals surface area contributed by atoms with Crippen LogP contribution in [0.25, 0.3) is 0 Å². The van der Waals surface area contributed by atoms with Crippen LogP contribution in [0.1, 0.15) is 47.6 Å². The van der Waals surface area contributed by atoms with Crippen LogP contribution in [-0.4, -0.2) is 82.1 Å². The van der Waals surface area contributed by atoms with E-state index >= 15 is 0 Å². The Labute approximate surface area is 275 Å². The Hall–Kier alpha value is -5.10. The number of likely N-dealkylation sites (tertiary alicyclic amines) is 1. The number of hydrogen-bond acceptors (Lipinski definition) is 11. The molecule has 2 aromatic heterocycles. The van der Waals surface area contributed by atoms with Crippen LogP contribution in [0.4, 0.5) is 23.3 Å². The molecule has 5 rings (SSSR count). The lowest BCUT2D eigenvalue weighted by Crippen LogP contribution is -2.53. The first-order valence-corrected chi connectivity index (χ1v) is 16.3. The number of sulfonamides is 1. The summed E-state index contributed by atoms with van der Waals surface area (Å²) in [7, 11) is -3.94. The number of nitrogens with one attached hydrogen (secondary N) is 4. The SMILES string of the molecule is Cc1cc(C)nc(NS(=O)(=O)c2ccc(NC(=O)CCC(=O)N3CCC4(CC3)CN/C(=N\C(=O)c3nc(Cl)c(N)nc3N)N4)cc2)n1. The summed E-state index contributed by atoms with van der Waals surface area (Å²) in [5.41, 5.74) is 12.3. The van der Waals surface area contributed by atoms with Crippen molar-refractivity contribution in [1.29, 1.82) is 0 Å². The highest BCUT2D eigenvalue weighted by atomic mass is 35.5. The van der Waals surface area contributed by atoms with E-state index in [1.54, 1.807) is 24.8 Å². The fourth-order valence-corrected chi connectivity index (χ4v) is 6.24. The second kappa shape index (κ2) is 13.3. The molecule has 2 aliphatic heterocycles. The maximum atomic E-state index is 12.9. The molecule has 0 saturated carbocycles. The summed E-state index contributed by atoms with van der Waals surface area (Å²) < 4.78 is 27.8. The molecular formula is C28H33ClN12O5S. The summed E-state index contributed by atoms with van der Waals surface area (Å²) in [5, 5.41) is 8.84. The van der Waals surface area contributed by atoms with E-state index in [2.05, 4.69) is 45.6 Å². The second-order valence-electron chi connectivity index (χ2n) is 11.2. The van der Waals surface area contributed by atoms with Crippen molar-refractivity contribution in [3.63, 3.8) is 0 Å². The number of aromatic nitrogens is 4. The first kappa shape index (κ1) is 33.3. The van der Waals surface area contributed by atoms with E-state index in [1.807, 2.05) is 0 Å².